The molecule has 0 atom stereocenters. The van der Waals surface area contributed by atoms with Gasteiger partial charge in [-0.15, -0.1) is 0 Å². The van der Waals surface area contributed by atoms with E-state index >= 15 is 0 Å². The zero-order valence-electron chi connectivity index (χ0n) is 12.4. The van der Waals surface area contributed by atoms with Crippen molar-refractivity contribution < 1.29 is 4.79 Å². The molecule has 2 aromatic carbocycles. The number of unbranched alkanes of at least 4 members (excludes halogenated alkanes) is 1. The molecule has 0 aromatic heterocycles. The van der Waals surface area contributed by atoms with Crippen molar-refractivity contribution in [3.05, 3.63) is 47.0 Å². The van der Waals surface area contributed by atoms with Gasteiger partial charge in [0.05, 0.1) is 6.21 Å². The molecule has 108 valence electrons. The van der Waals surface area contributed by atoms with E-state index in [1.54, 1.807) is 6.21 Å². The minimum Gasteiger partial charge on any atom is -0.273 e. The monoisotopic (exact) mass is 280 g/mol. The van der Waals surface area contributed by atoms with Crippen LogP contribution in [0.25, 0.3) is 10.8 Å². The van der Waals surface area contributed by atoms with Crippen LogP contribution in [0.5, 0.6) is 0 Å². The first-order chi connectivity index (χ1) is 10.3. The lowest BCUT2D eigenvalue weighted by Crippen LogP contribution is -2.16. The minimum absolute atomic E-state index is 0.0148. The Hall–Kier alpha value is -2.16. The Balaban J connectivity index is 1.81. The maximum atomic E-state index is 11.5. The largest absolute Gasteiger partial charge is 0.273 e. The predicted molar refractivity (Wildman–Crippen MR) is 86.6 cm³/mol. The van der Waals surface area contributed by atoms with E-state index in [0.29, 0.717) is 6.42 Å². The molecule has 0 unspecified atom stereocenters. The fourth-order valence-electron chi connectivity index (χ4n) is 2.95. The summed E-state index contributed by atoms with van der Waals surface area (Å²) in [6, 6.07) is 10.7. The van der Waals surface area contributed by atoms with E-state index in [1.165, 1.54) is 21.9 Å². The molecule has 1 aliphatic carbocycles. The maximum absolute atomic E-state index is 11.5. The molecule has 2 aromatic rings. The number of nitrogens with zero attached hydrogens (tertiary/aromatic N) is 1. The third-order valence-electron chi connectivity index (χ3n) is 4.06. The number of amides is 1. The van der Waals surface area contributed by atoms with Crippen molar-refractivity contribution in [2.24, 2.45) is 5.10 Å². The third-order valence-corrected chi connectivity index (χ3v) is 4.06. The van der Waals surface area contributed by atoms with Crippen LogP contribution in [0.3, 0.4) is 0 Å². The van der Waals surface area contributed by atoms with Gasteiger partial charge >= 0.3 is 0 Å². The molecule has 0 saturated heterocycles. The van der Waals surface area contributed by atoms with Gasteiger partial charge in [-0.05, 0) is 41.2 Å². The van der Waals surface area contributed by atoms with Gasteiger partial charge in [-0.25, -0.2) is 5.43 Å². The summed E-state index contributed by atoms with van der Waals surface area (Å²) < 4.78 is 0. The molecule has 0 heterocycles. The summed E-state index contributed by atoms with van der Waals surface area (Å²) in [5, 5.41) is 6.70. The Labute approximate surface area is 125 Å². The van der Waals surface area contributed by atoms with Gasteiger partial charge in [-0.2, -0.15) is 5.10 Å². The molecule has 0 radical (unpaired) electrons. The van der Waals surface area contributed by atoms with Crippen LogP contribution in [0.1, 0.15) is 42.9 Å². The van der Waals surface area contributed by atoms with E-state index in [9.17, 15) is 4.79 Å². The molecule has 3 nitrogen and oxygen atoms in total. The molecule has 0 bridgehead atoms. The Bertz CT molecular complexity index is 693. The van der Waals surface area contributed by atoms with Gasteiger partial charge in [0.25, 0.3) is 0 Å². The van der Waals surface area contributed by atoms with Gasteiger partial charge in [-0.1, -0.05) is 43.7 Å². The highest BCUT2D eigenvalue weighted by Gasteiger charge is 2.14. The number of hydrazone groups is 1. The Kier molecular flexibility index (Phi) is 4.00. The summed E-state index contributed by atoms with van der Waals surface area (Å²) in [7, 11) is 0. The fraction of sp³-hybridized carbons (Fsp3) is 0.333. The van der Waals surface area contributed by atoms with Gasteiger partial charge in [0.2, 0.25) is 5.91 Å². The summed E-state index contributed by atoms with van der Waals surface area (Å²) >= 11 is 0. The second kappa shape index (κ2) is 6.08. The SMILES string of the molecule is CCCCC(=O)N/N=C/c1ccc2c3c(cccc13)CC2. The van der Waals surface area contributed by atoms with E-state index < -0.39 is 0 Å². The summed E-state index contributed by atoms with van der Waals surface area (Å²) in [6.07, 6.45) is 6.47. The highest BCUT2D eigenvalue weighted by molar-refractivity contribution is 6.03. The van der Waals surface area contributed by atoms with Gasteiger partial charge in [0.15, 0.2) is 0 Å². The van der Waals surface area contributed by atoms with E-state index in [-0.39, 0.29) is 5.91 Å². The molecule has 3 heteroatoms. The number of aryl methyl sites for hydroxylation is 2. The number of hydrogen-bond donors (Lipinski definition) is 1. The Morgan fingerprint density at radius 1 is 1.24 bits per heavy atom. The summed E-state index contributed by atoms with van der Waals surface area (Å²) in [5.74, 6) is -0.0148. The normalized spacial score (nSPS) is 13.2. The van der Waals surface area contributed by atoms with Crippen molar-refractivity contribution >= 4 is 22.9 Å². The smallest absolute Gasteiger partial charge is 0.240 e. The predicted octanol–water partition coefficient (Wildman–Crippen LogP) is 3.58. The lowest BCUT2D eigenvalue weighted by atomic mass is 10.0. The summed E-state index contributed by atoms with van der Waals surface area (Å²) in [4.78, 5) is 11.5. The fourth-order valence-corrected chi connectivity index (χ4v) is 2.95. The molecule has 21 heavy (non-hydrogen) atoms. The summed E-state index contributed by atoms with van der Waals surface area (Å²) in [6.45, 7) is 2.07. The number of carbonyl (C=O) groups is 1. The van der Waals surface area contributed by atoms with E-state index in [0.717, 1.165) is 31.2 Å². The van der Waals surface area contributed by atoms with Gasteiger partial charge < -0.3 is 0 Å². The first-order valence-corrected chi connectivity index (χ1v) is 7.65. The molecule has 0 saturated carbocycles. The molecule has 1 amide bonds. The average molecular weight is 280 g/mol. The van der Waals surface area contributed by atoms with Gasteiger partial charge in [0.1, 0.15) is 0 Å². The summed E-state index contributed by atoms with van der Waals surface area (Å²) in [5.41, 5.74) is 6.51. The molecule has 3 rings (SSSR count). The van der Waals surface area contributed by atoms with Crippen LogP contribution in [0.4, 0.5) is 0 Å². The van der Waals surface area contributed by atoms with Gasteiger partial charge in [-0.3, -0.25) is 4.79 Å². The van der Waals surface area contributed by atoms with Crippen LogP contribution < -0.4 is 5.43 Å². The van der Waals surface area contributed by atoms with E-state index in [1.807, 2.05) is 0 Å². The number of carbonyl (C=O) groups excluding carboxylic acids is 1. The average Bonchev–Trinajstić information content (AvgIpc) is 2.92. The van der Waals surface area contributed by atoms with Crippen molar-refractivity contribution in [3.8, 4) is 0 Å². The topological polar surface area (TPSA) is 41.5 Å². The molecular formula is C18H20N2O. The Morgan fingerprint density at radius 3 is 2.86 bits per heavy atom. The van der Waals surface area contributed by atoms with Crippen LogP contribution in [-0.4, -0.2) is 12.1 Å². The number of hydrogen-bond acceptors (Lipinski definition) is 2. The van der Waals surface area contributed by atoms with Crippen molar-refractivity contribution in [1.82, 2.24) is 5.43 Å². The first-order valence-electron chi connectivity index (χ1n) is 7.65. The van der Waals surface area contributed by atoms with Crippen LogP contribution in [-0.2, 0) is 17.6 Å². The van der Waals surface area contributed by atoms with Crippen LogP contribution in [0, 0.1) is 0 Å². The molecule has 0 aliphatic heterocycles. The molecule has 0 fully saturated rings. The van der Waals surface area contributed by atoms with Crippen molar-refractivity contribution in [3.63, 3.8) is 0 Å². The zero-order valence-corrected chi connectivity index (χ0v) is 12.4. The maximum Gasteiger partial charge on any atom is 0.240 e. The van der Waals surface area contributed by atoms with Gasteiger partial charge in [0, 0.05) is 12.0 Å². The molecule has 0 spiro atoms. The van der Waals surface area contributed by atoms with Crippen molar-refractivity contribution in [1.29, 1.82) is 0 Å². The van der Waals surface area contributed by atoms with Crippen LogP contribution in [0.2, 0.25) is 0 Å². The number of nitrogens with one attached hydrogen (secondary N) is 1. The number of benzene rings is 2. The quantitative estimate of drug-likeness (QED) is 0.660. The molecule has 1 N–H and O–H groups in total. The highest BCUT2D eigenvalue weighted by Crippen LogP contribution is 2.32. The second-order valence-electron chi connectivity index (χ2n) is 5.55. The lowest BCUT2D eigenvalue weighted by Gasteiger charge is -2.05. The third kappa shape index (κ3) is 2.82. The van der Waals surface area contributed by atoms with Crippen LogP contribution in [0.15, 0.2) is 35.4 Å². The molecule has 1 aliphatic rings. The first kappa shape index (κ1) is 13.8. The number of rotatable bonds is 5. The molecular weight excluding hydrogens is 260 g/mol. The van der Waals surface area contributed by atoms with Crippen LogP contribution >= 0.6 is 0 Å². The zero-order chi connectivity index (χ0) is 14.7. The highest BCUT2D eigenvalue weighted by atomic mass is 16.2. The Morgan fingerprint density at radius 2 is 2.05 bits per heavy atom. The standard InChI is InChI=1S/C18H20N2O/c1-2-3-7-17(21)20-19-12-15-11-10-14-9-8-13-5-4-6-16(15)18(13)14/h4-6,10-12H,2-3,7-9H2,1H3,(H,20,21)/b19-12+. The minimum atomic E-state index is -0.0148. The van der Waals surface area contributed by atoms with E-state index in [2.05, 4.69) is 47.8 Å². The second-order valence-corrected chi connectivity index (χ2v) is 5.55. The van der Waals surface area contributed by atoms with Crippen molar-refractivity contribution in [2.75, 3.05) is 0 Å². The van der Waals surface area contributed by atoms with E-state index in [4.69, 9.17) is 0 Å². The lowest BCUT2D eigenvalue weighted by molar-refractivity contribution is -0.121. The van der Waals surface area contributed by atoms with Crippen molar-refractivity contribution in [2.45, 2.75) is 39.0 Å².